The van der Waals surface area contributed by atoms with Crippen LogP contribution in [0.3, 0.4) is 0 Å². The maximum Gasteiger partial charge on any atom is 0.226 e. The molecule has 1 aromatic heterocycles. The number of hydrogen-bond acceptors (Lipinski definition) is 2. The highest BCUT2D eigenvalue weighted by atomic mass is 16.1. The largest absolute Gasteiger partial charge is 0.310 e. The van der Waals surface area contributed by atoms with Gasteiger partial charge in [0.1, 0.15) is 5.82 Å². The number of nitrogens with one attached hydrogen (secondary N) is 1. The molecule has 0 aliphatic carbocycles. The molecule has 1 N–H and O–H groups in total. The first-order valence-electron chi connectivity index (χ1n) is 7.72. The molecule has 1 amide bonds. The predicted molar refractivity (Wildman–Crippen MR) is 89.8 cm³/mol. The monoisotopic (exact) mass is 303 g/mol. The van der Waals surface area contributed by atoms with Crippen molar-refractivity contribution in [1.29, 1.82) is 0 Å². The van der Waals surface area contributed by atoms with Crippen molar-refractivity contribution in [3.05, 3.63) is 77.5 Å². The Morgan fingerprint density at radius 3 is 2.74 bits per heavy atom. The van der Waals surface area contributed by atoms with Crippen molar-refractivity contribution in [2.75, 3.05) is 5.32 Å². The smallest absolute Gasteiger partial charge is 0.226 e. The third kappa shape index (κ3) is 2.42. The molecule has 0 unspecified atom stereocenters. The zero-order valence-corrected chi connectivity index (χ0v) is 12.9. The Balaban J connectivity index is 1.83. The van der Waals surface area contributed by atoms with Crippen LogP contribution in [0.1, 0.15) is 29.0 Å². The van der Waals surface area contributed by atoms with Crippen molar-refractivity contribution in [2.45, 2.75) is 19.3 Å². The minimum absolute atomic E-state index is 0.0293. The number of rotatable bonds is 2. The Hall–Kier alpha value is -2.88. The van der Waals surface area contributed by atoms with E-state index < -0.39 is 0 Å². The standard InChI is InChI=1S/C19H17N3O/c1-13-6-5-7-14(10-13)16-11-18(23)21-19-17(16)12-20-22(19)15-8-3-2-4-9-15/h2-10,12,16H,11H2,1H3,(H,21,23)/t16-/m0/s1. The van der Waals surface area contributed by atoms with E-state index in [9.17, 15) is 4.79 Å². The average molecular weight is 303 g/mol. The second-order valence-electron chi connectivity index (χ2n) is 5.91. The minimum Gasteiger partial charge on any atom is -0.310 e. The molecule has 0 radical (unpaired) electrons. The number of amides is 1. The van der Waals surface area contributed by atoms with Crippen LogP contribution in [0.2, 0.25) is 0 Å². The van der Waals surface area contributed by atoms with Crippen molar-refractivity contribution in [2.24, 2.45) is 0 Å². The van der Waals surface area contributed by atoms with Crippen LogP contribution < -0.4 is 5.32 Å². The second-order valence-corrected chi connectivity index (χ2v) is 5.91. The third-order valence-electron chi connectivity index (χ3n) is 4.27. The van der Waals surface area contributed by atoms with E-state index in [2.05, 4.69) is 35.5 Å². The molecule has 0 saturated heterocycles. The summed E-state index contributed by atoms with van der Waals surface area (Å²) in [5.41, 5.74) is 4.37. The first-order valence-corrected chi connectivity index (χ1v) is 7.72. The van der Waals surface area contributed by atoms with E-state index >= 15 is 0 Å². The third-order valence-corrected chi connectivity index (χ3v) is 4.27. The second kappa shape index (κ2) is 5.39. The topological polar surface area (TPSA) is 46.9 Å². The Labute approximate surface area is 134 Å². The van der Waals surface area contributed by atoms with Crippen LogP contribution in [0.15, 0.2) is 60.8 Å². The Kier molecular flexibility index (Phi) is 3.23. The number of aryl methyl sites for hydroxylation is 1. The van der Waals surface area contributed by atoms with Crippen LogP contribution in [0.4, 0.5) is 5.82 Å². The summed E-state index contributed by atoms with van der Waals surface area (Å²) in [5.74, 6) is 0.858. The van der Waals surface area contributed by atoms with Gasteiger partial charge in [0.05, 0.1) is 11.9 Å². The first-order chi connectivity index (χ1) is 11.2. The summed E-state index contributed by atoms with van der Waals surface area (Å²) in [7, 11) is 0. The molecular formula is C19H17N3O. The molecule has 23 heavy (non-hydrogen) atoms. The first kappa shape index (κ1) is 13.8. The summed E-state index contributed by atoms with van der Waals surface area (Å²) < 4.78 is 1.80. The molecule has 0 fully saturated rings. The summed E-state index contributed by atoms with van der Waals surface area (Å²) in [6.07, 6.45) is 2.33. The summed E-state index contributed by atoms with van der Waals surface area (Å²) in [6.45, 7) is 2.07. The van der Waals surface area contributed by atoms with Gasteiger partial charge in [-0.05, 0) is 24.6 Å². The lowest BCUT2D eigenvalue weighted by molar-refractivity contribution is -0.116. The van der Waals surface area contributed by atoms with Gasteiger partial charge in [-0.3, -0.25) is 4.79 Å². The summed E-state index contributed by atoms with van der Waals surface area (Å²) in [4.78, 5) is 12.2. The van der Waals surface area contributed by atoms with Gasteiger partial charge >= 0.3 is 0 Å². The zero-order chi connectivity index (χ0) is 15.8. The number of para-hydroxylation sites is 1. The maximum atomic E-state index is 12.2. The normalized spacial score (nSPS) is 16.7. The van der Waals surface area contributed by atoms with Gasteiger partial charge in [0.15, 0.2) is 0 Å². The number of fused-ring (bicyclic) bond motifs is 1. The highest BCUT2D eigenvalue weighted by molar-refractivity contribution is 5.94. The van der Waals surface area contributed by atoms with Crippen molar-refractivity contribution in [3.8, 4) is 5.69 Å². The number of carbonyl (C=O) groups is 1. The Morgan fingerprint density at radius 1 is 1.13 bits per heavy atom. The highest BCUT2D eigenvalue weighted by Gasteiger charge is 2.30. The van der Waals surface area contributed by atoms with Crippen LogP contribution in [-0.4, -0.2) is 15.7 Å². The number of anilines is 1. The molecule has 114 valence electrons. The van der Waals surface area contributed by atoms with E-state index in [1.165, 1.54) is 5.56 Å². The molecule has 0 bridgehead atoms. The SMILES string of the molecule is Cc1cccc([C@@H]2CC(=O)Nc3c2cnn3-c2ccccc2)c1. The van der Waals surface area contributed by atoms with E-state index in [-0.39, 0.29) is 11.8 Å². The molecule has 0 saturated carbocycles. The van der Waals surface area contributed by atoms with Crippen molar-refractivity contribution >= 4 is 11.7 Å². The zero-order valence-electron chi connectivity index (χ0n) is 12.9. The number of aromatic nitrogens is 2. The molecule has 1 aliphatic rings. The number of carbonyl (C=O) groups excluding carboxylic acids is 1. The van der Waals surface area contributed by atoms with Crippen LogP contribution in [0.5, 0.6) is 0 Å². The molecule has 0 spiro atoms. The van der Waals surface area contributed by atoms with Crippen molar-refractivity contribution in [3.63, 3.8) is 0 Å². The van der Waals surface area contributed by atoms with Gasteiger partial charge in [0.25, 0.3) is 0 Å². The van der Waals surface area contributed by atoms with Gasteiger partial charge in [-0.1, -0.05) is 48.0 Å². The Morgan fingerprint density at radius 2 is 1.96 bits per heavy atom. The van der Waals surface area contributed by atoms with E-state index in [4.69, 9.17) is 0 Å². The van der Waals surface area contributed by atoms with E-state index in [0.29, 0.717) is 6.42 Å². The number of benzene rings is 2. The van der Waals surface area contributed by atoms with Gasteiger partial charge < -0.3 is 5.32 Å². The Bertz CT molecular complexity index is 867. The highest BCUT2D eigenvalue weighted by Crippen LogP contribution is 2.38. The van der Waals surface area contributed by atoms with E-state index in [1.54, 1.807) is 4.68 Å². The molecule has 4 heteroatoms. The molecule has 1 aliphatic heterocycles. The number of hydrogen-bond donors (Lipinski definition) is 1. The van der Waals surface area contributed by atoms with Gasteiger partial charge in [0, 0.05) is 17.9 Å². The molecule has 4 nitrogen and oxygen atoms in total. The van der Waals surface area contributed by atoms with Gasteiger partial charge in [-0.15, -0.1) is 0 Å². The van der Waals surface area contributed by atoms with Crippen LogP contribution >= 0.6 is 0 Å². The van der Waals surface area contributed by atoms with E-state index in [0.717, 1.165) is 22.6 Å². The molecule has 2 heterocycles. The summed E-state index contributed by atoms with van der Waals surface area (Å²) >= 11 is 0. The molecule has 1 atom stereocenters. The van der Waals surface area contributed by atoms with Gasteiger partial charge in [-0.2, -0.15) is 5.10 Å². The quantitative estimate of drug-likeness (QED) is 0.785. The van der Waals surface area contributed by atoms with Crippen molar-refractivity contribution in [1.82, 2.24) is 9.78 Å². The van der Waals surface area contributed by atoms with Crippen LogP contribution in [0, 0.1) is 6.92 Å². The maximum absolute atomic E-state index is 12.2. The number of nitrogens with zero attached hydrogens (tertiary/aromatic N) is 2. The van der Waals surface area contributed by atoms with Crippen molar-refractivity contribution < 1.29 is 4.79 Å². The summed E-state index contributed by atoms with van der Waals surface area (Å²) in [6, 6.07) is 18.2. The lowest BCUT2D eigenvalue weighted by Gasteiger charge is -2.24. The van der Waals surface area contributed by atoms with E-state index in [1.807, 2.05) is 42.6 Å². The van der Waals surface area contributed by atoms with Gasteiger partial charge in [0.2, 0.25) is 5.91 Å². The molecular weight excluding hydrogens is 286 g/mol. The van der Waals surface area contributed by atoms with Gasteiger partial charge in [-0.25, -0.2) is 4.68 Å². The van der Waals surface area contributed by atoms with Crippen LogP contribution in [0.25, 0.3) is 5.69 Å². The predicted octanol–water partition coefficient (Wildman–Crippen LogP) is 3.65. The average Bonchev–Trinajstić information content (AvgIpc) is 2.98. The lowest BCUT2D eigenvalue weighted by Crippen LogP contribution is -2.24. The fourth-order valence-corrected chi connectivity index (χ4v) is 3.17. The summed E-state index contributed by atoms with van der Waals surface area (Å²) in [5, 5.41) is 7.49. The van der Waals surface area contributed by atoms with Crippen LogP contribution in [-0.2, 0) is 4.79 Å². The fraction of sp³-hybridized carbons (Fsp3) is 0.158. The minimum atomic E-state index is 0.0293. The fourth-order valence-electron chi connectivity index (χ4n) is 3.17. The molecule has 4 rings (SSSR count). The molecule has 2 aromatic carbocycles. The lowest BCUT2D eigenvalue weighted by atomic mass is 9.87. The molecule has 3 aromatic rings.